The van der Waals surface area contributed by atoms with E-state index in [1.165, 1.54) is 0 Å². The lowest BCUT2D eigenvalue weighted by molar-refractivity contribution is -0.142. The van der Waals surface area contributed by atoms with Crippen LogP contribution in [0, 0.1) is 11.8 Å². The van der Waals surface area contributed by atoms with Crippen molar-refractivity contribution in [3.8, 4) is 0 Å². The van der Waals surface area contributed by atoms with Gasteiger partial charge in [-0.05, 0) is 25.2 Å². The highest BCUT2D eigenvalue weighted by molar-refractivity contribution is 8.01. The highest BCUT2D eigenvalue weighted by atomic mass is 32.2. The molecular weight excluding hydrogens is 242 g/mol. The van der Waals surface area contributed by atoms with Crippen molar-refractivity contribution in [2.24, 2.45) is 11.8 Å². The second-order valence-electron chi connectivity index (χ2n) is 4.32. The molecule has 0 aliphatic heterocycles. The summed E-state index contributed by atoms with van der Waals surface area (Å²) < 4.78 is 0.991. The molecule has 1 aromatic rings. The van der Waals surface area contributed by atoms with Crippen LogP contribution in [0.5, 0.6) is 0 Å². The van der Waals surface area contributed by atoms with E-state index in [0.29, 0.717) is 5.92 Å². The number of aliphatic carboxylic acids is 1. The first kappa shape index (κ1) is 11.9. The molecule has 1 aliphatic carbocycles. The minimum atomic E-state index is -0.652. The van der Waals surface area contributed by atoms with E-state index in [1.54, 1.807) is 29.3 Å². The first-order chi connectivity index (χ1) is 7.66. The number of nitrogens with zero attached hydrogens (tertiary/aromatic N) is 1. The van der Waals surface area contributed by atoms with Crippen LogP contribution in [0.2, 0.25) is 0 Å². The summed E-state index contributed by atoms with van der Waals surface area (Å²) in [5.41, 5.74) is 0. The Morgan fingerprint density at radius 3 is 3.06 bits per heavy atom. The summed E-state index contributed by atoms with van der Waals surface area (Å²) >= 11 is 3.23. The molecule has 0 bridgehead atoms. The van der Waals surface area contributed by atoms with Crippen molar-refractivity contribution in [3.05, 3.63) is 11.6 Å². The van der Waals surface area contributed by atoms with E-state index in [2.05, 4.69) is 11.9 Å². The third-order valence-electron chi connectivity index (χ3n) is 3.03. The monoisotopic (exact) mass is 257 g/mol. The number of hydrogen-bond acceptors (Lipinski definition) is 4. The fraction of sp³-hybridized carbons (Fsp3) is 0.636. The molecule has 1 fully saturated rings. The quantitative estimate of drug-likeness (QED) is 0.904. The van der Waals surface area contributed by atoms with Gasteiger partial charge in [0.2, 0.25) is 0 Å². The lowest BCUT2D eigenvalue weighted by Crippen LogP contribution is -2.31. The number of rotatable bonds is 3. The fourth-order valence-corrected chi connectivity index (χ4v) is 4.48. The number of thiazole rings is 1. The molecule has 1 aliphatic rings. The number of carbonyl (C=O) groups is 1. The Labute approximate surface area is 103 Å². The standard InChI is InChI=1S/C11H15NO2S2/c1-7-2-3-8(10(13)14)9(6-7)16-11-12-4-5-15-11/h4-5,7-9H,2-3,6H2,1H3,(H,13,14). The molecule has 3 atom stereocenters. The number of carboxylic acids is 1. The Morgan fingerprint density at radius 2 is 2.44 bits per heavy atom. The van der Waals surface area contributed by atoms with E-state index in [1.807, 2.05) is 5.38 Å². The number of aromatic nitrogens is 1. The first-order valence-electron chi connectivity index (χ1n) is 5.45. The SMILES string of the molecule is CC1CCC(C(=O)O)C(Sc2nccs2)C1. The van der Waals surface area contributed by atoms with Crippen LogP contribution in [0.1, 0.15) is 26.2 Å². The number of hydrogen-bond donors (Lipinski definition) is 1. The summed E-state index contributed by atoms with van der Waals surface area (Å²) in [6.45, 7) is 2.20. The zero-order chi connectivity index (χ0) is 11.5. The molecule has 16 heavy (non-hydrogen) atoms. The second-order valence-corrected chi connectivity index (χ2v) is 6.70. The summed E-state index contributed by atoms with van der Waals surface area (Å²) in [5, 5.41) is 11.3. The van der Waals surface area contributed by atoms with E-state index in [4.69, 9.17) is 0 Å². The maximum absolute atomic E-state index is 11.2. The summed E-state index contributed by atoms with van der Waals surface area (Å²) in [4.78, 5) is 15.4. The van der Waals surface area contributed by atoms with Gasteiger partial charge in [0.05, 0.1) is 5.92 Å². The van der Waals surface area contributed by atoms with Crippen molar-refractivity contribution in [2.75, 3.05) is 0 Å². The minimum absolute atomic E-state index is 0.187. The molecular formula is C11H15NO2S2. The Kier molecular flexibility index (Phi) is 3.86. The Morgan fingerprint density at radius 1 is 1.62 bits per heavy atom. The van der Waals surface area contributed by atoms with Crippen LogP contribution in [0.15, 0.2) is 15.9 Å². The molecule has 0 radical (unpaired) electrons. The van der Waals surface area contributed by atoms with Gasteiger partial charge in [0.25, 0.3) is 0 Å². The van der Waals surface area contributed by atoms with Gasteiger partial charge in [-0.3, -0.25) is 4.79 Å². The lowest BCUT2D eigenvalue weighted by Gasteiger charge is -2.31. The molecule has 1 heterocycles. The van der Waals surface area contributed by atoms with E-state index in [9.17, 15) is 9.90 Å². The average molecular weight is 257 g/mol. The highest BCUT2D eigenvalue weighted by Crippen LogP contribution is 2.40. The van der Waals surface area contributed by atoms with Crippen molar-refractivity contribution < 1.29 is 9.90 Å². The molecule has 0 amide bonds. The van der Waals surface area contributed by atoms with Crippen LogP contribution in [-0.2, 0) is 4.79 Å². The van der Waals surface area contributed by atoms with Gasteiger partial charge in [0.1, 0.15) is 4.34 Å². The van der Waals surface area contributed by atoms with Crippen LogP contribution in [-0.4, -0.2) is 21.3 Å². The Balaban J connectivity index is 2.05. The predicted octanol–water partition coefficient (Wildman–Crippen LogP) is 3.12. The van der Waals surface area contributed by atoms with Gasteiger partial charge in [-0.2, -0.15) is 0 Å². The van der Waals surface area contributed by atoms with Gasteiger partial charge in [-0.25, -0.2) is 4.98 Å². The van der Waals surface area contributed by atoms with Crippen LogP contribution >= 0.6 is 23.1 Å². The molecule has 1 aromatic heterocycles. The lowest BCUT2D eigenvalue weighted by atomic mass is 9.82. The third kappa shape index (κ3) is 2.77. The normalized spacial score (nSPS) is 30.2. The van der Waals surface area contributed by atoms with Gasteiger partial charge >= 0.3 is 5.97 Å². The Bertz CT molecular complexity index is 353. The fourth-order valence-electron chi connectivity index (χ4n) is 2.14. The Hall–Kier alpha value is -0.550. The van der Waals surface area contributed by atoms with Gasteiger partial charge < -0.3 is 5.11 Å². The van der Waals surface area contributed by atoms with Crippen LogP contribution in [0.4, 0.5) is 0 Å². The largest absolute Gasteiger partial charge is 0.481 e. The zero-order valence-electron chi connectivity index (χ0n) is 9.13. The van der Waals surface area contributed by atoms with Crippen molar-refractivity contribution in [3.63, 3.8) is 0 Å². The van der Waals surface area contributed by atoms with Crippen LogP contribution in [0.3, 0.4) is 0 Å². The molecule has 88 valence electrons. The minimum Gasteiger partial charge on any atom is -0.481 e. The van der Waals surface area contributed by atoms with Crippen LogP contribution in [0.25, 0.3) is 0 Å². The van der Waals surface area contributed by atoms with Crippen molar-refractivity contribution in [1.82, 2.24) is 4.98 Å². The maximum Gasteiger partial charge on any atom is 0.307 e. The molecule has 0 spiro atoms. The molecule has 1 N–H and O–H groups in total. The second kappa shape index (κ2) is 5.19. The number of thioether (sulfide) groups is 1. The van der Waals surface area contributed by atoms with Gasteiger partial charge in [0, 0.05) is 16.8 Å². The molecule has 5 heteroatoms. The van der Waals surface area contributed by atoms with Crippen molar-refractivity contribution in [2.45, 2.75) is 35.8 Å². The summed E-state index contributed by atoms with van der Waals surface area (Å²) in [5.74, 6) is -0.223. The molecule has 3 unspecified atom stereocenters. The van der Waals surface area contributed by atoms with Gasteiger partial charge in [0.15, 0.2) is 0 Å². The topological polar surface area (TPSA) is 50.2 Å². The molecule has 1 saturated carbocycles. The van der Waals surface area contributed by atoms with Crippen molar-refractivity contribution in [1.29, 1.82) is 0 Å². The van der Waals surface area contributed by atoms with Gasteiger partial charge in [-0.15, -0.1) is 11.3 Å². The zero-order valence-corrected chi connectivity index (χ0v) is 10.8. The summed E-state index contributed by atoms with van der Waals surface area (Å²) in [7, 11) is 0. The molecule has 0 aromatic carbocycles. The number of carboxylic acid groups (broad SMARTS) is 1. The van der Waals surface area contributed by atoms with E-state index < -0.39 is 5.97 Å². The molecule has 0 saturated heterocycles. The maximum atomic E-state index is 11.2. The third-order valence-corrected chi connectivity index (χ3v) is 5.31. The predicted molar refractivity (Wildman–Crippen MR) is 65.9 cm³/mol. The smallest absolute Gasteiger partial charge is 0.307 e. The van der Waals surface area contributed by atoms with Gasteiger partial charge in [-0.1, -0.05) is 18.7 Å². The van der Waals surface area contributed by atoms with Crippen LogP contribution < -0.4 is 0 Å². The highest BCUT2D eigenvalue weighted by Gasteiger charge is 2.34. The van der Waals surface area contributed by atoms with E-state index in [0.717, 1.165) is 23.6 Å². The first-order valence-corrected chi connectivity index (χ1v) is 7.21. The average Bonchev–Trinajstić information content (AvgIpc) is 2.70. The van der Waals surface area contributed by atoms with Crippen molar-refractivity contribution >= 4 is 29.1 Å². The molecule has 3 nitrogen and oxygen atoms in total. The summed E-state index contributed by atoms with van der Waals surface area (Å²) in [6, 6.07) is 0. The molecule has 2 rings (SSSR count). The van der Waals surface area contributed by atoms with E-state index in [-0.39, 0.29) is 11.2 Å². The van der Waals surface area contributed by atoms with E-state index >= 15 is 0 Å². The summed E-state index contributed by atoms with van der Waals surface area (Å²) in [6.07, 6.45) is 4.60.